The molecule has 0 heterocycles. The second-order valence-electron chi connectivity index (χ2n) is 5.10. The van der Waals surface area contributed by atoms with E-state index in [-0.39, 0.29) is 18.6 Å². The minimum absolute atomic E-state index is 0.0186. The Morgan fingerprint density at radius 2 is 2.24 bits per heavy atom. The number of hydrogen-bond donors (Lipinski definition) is 2. The van der Waals surface area contributed by atoms with Gasteiger partial charge in [0.05, 0.1) is 0 Å². The van der Waals surface area contributed by atoms with Crippen LogP contribution in [0.3, 0.4) is 0 Å². The second-order valence-corrected chi connectivity index (χ2v) is 5.10. The minimum atomic E-state index is -0.142. The summed E-state index contributed by atoms with van der Waals surface area (Å²) in [5, 5.41) is 6.14. The van der Waals surface area contributed by atoms with Crippen LogP contribution in [0, 0.1) is 6.92 Å². The van der Waals surface area contributed by atoms with E-state index >= 15 is 0 Å². The van der Waals surface area contributed by atoms with Crippen molar-refractivity contribution in [1.29, 1.82) is 0 Å². The number of amides is 1. The van der Waals surface area contributed by atoms with Crippen molar-refractivity contribution in [1.82, 2.24) is 10.6 Å². The van der Waals surface area contributed by atoms with Crippen LogP contribution in [0.4, 0.5) is 0 Å². The average Bonchev–Trinajstić information content (AvgIpc) is 2.48. The van der Waals surface area contributed by atoms with E-state index in [1.807, 2.05) is 13.0 Å². The van der Waals surface area contributed by atoms with E-state index in [4.69, 9.17) is 4.74 Å². The van der Waals surface area contributed by atoms with Gasteiger partial charge in [0.25, 0.3) is 5.91 Å². The van der Waals surface area contributed by atoms with E-state index in [1.165, 1.54) is 0 Å². The summed E-state index contributed by atoms with van der Waals surface area (Å²) in [6, 6.07) is 6.28. The topological polar surface area (TPSA) is 50.4 Å². The Kier molecular flexibility index (Phi) is 7.54. The van der Waals surface area contributed by atoms with E-state index in [9.17, 15) is 4.79 Å². The lowest BCUT2D eigenvalue weighted by Gasteiger charge is -2.18. The maximum Gasteiger partial charge on any atom is 0.258 e. The average molecular weight is 290 g/mol. The minimum Gasteiger partial charge on any atom is -0.483 e. The van der Waals surface area contributed by atoms with Crippen molar-refractivity contribution < 1.29 is 9.53 Å². The largest absolute Gasteiger partial charge is 0.483 e. The molecule has 1 amide bonds. The van der Waals surface area contributed by atoms with Crippen molar-refractivity contribution in [3.05, 3.63) is 42.0 Å². The highest BCUT2D eigenvalue weighted by Crippen LogP contribution is 2.26. The van der Waals surface area contributed by atoms with Crippen LogP contribution < -0.4 is 15.4 Å². The van der Waals surface area contributed by atoms with Crippen LogP contribution in [0.5, 0.6) is 5.75 Å². The summed E-state index contributed by atoms with van der Waals surface area (Å²) >= 11 is 0. The Labute approximate surface area is 127 Å². The Balaban J connectivity index is 2.72. The summed E-state index contributed by atoms with van der Waals surface area (Å²) in [6.07, 6.45) is 2.73. The highest BCUT2D eigenvalue weighted by molar-refractivity contribution is 5.77. The smallest absolute Gasteiger partial charge is 0.258 e. The van der Waals surface area contributed by atoms with E-state index < -0.39 is 0 Å². The van der Waals surface area contributed by atoms with Crippen LogP contribution in [0.1, 0.15) is 37.4 Å². The highest BCUT2D eigenvalue weighted by Gasteiger charge is 2.12. The molecule has 1 rings (SSSR count). The Bertz CT molecular complexity index is 472. The molecule has 0 saturated heterocycles. The molecule has 0 radical (unpaired) electrons. The van der Waals surface area contributed by atoms with Crippen molar-refractivity contribution in [2.45, 2.75) is 33.2 Å². The summed E-state index contributed by atoms with van der Waals surface area (Å²) in [6.45, 7) is 11.2. The molecule has 21 heavy (non-hydrogen) atoms. The van der Waals surface area contributed by atoms with Crippen molar-refractivity contribution >= 4 is 5.91 Å². The molecule has 0 saturated carbocycles. The predicted octanol–water partition coefficient (Wildman–Crippen LogP) is 2.74. The molecule has 1 atom stereocenters. The molecular formula is C17H26N2O2. The molecule has 0 aliphatic carbocycles. The Morgan fingerprint density at radius 1 is 1.48 bits per heavy atom. The fourth-order valence-corrected chi connectivity index (χ4v) is 1.98. The molecule has 4 heteroatoms. The van der Waals surface area contributed by atoms with Gasteiger partial charge in [-0.15, -0.1) is 6.58 Å². The zero-order valence-corrected chi connectivity index (χ0v) is 13.2. The lowest BCUT2D eigenvalue weighted by molar-refractivity contribution is -0.122. The van der Waals surface area contributed by atoms with E-state index in [1.54, 1.807) is 6.08 Å². The van der Waals surface area contributed by atoms with Crippen LogP contribution in [0.15, 0.2) is 30.9 Å². The number of hydrogen-bond acceptors (Lipinski definition) is 3. The summed E-state index contributed by atoms with van der Waals surface area (Å²) < 4.78 is 5.69. The first-order valence-corrected chi connectivity index (χ1v) is 7.42. The molecule has 0 bridgehead atoms. The quantitative estimate of drug-likeness (QED) is 0.688. The van der Waals surface area contributed by atoms with Crippen molar-refractivity contribution in [3.8, 4) is 5.75 Å². The van der Waals surface area contributed by atoms with Gasteiger partial charge >= 0.3 is 0 Å². The molecule has 4 nitrogen and oxygen atoms in total. The number of nitrogens with one attached hydrogen (secondary N) is 2. The molecule has 1 aromatic rings. The van der Waals surface area contributed by atoms with Crippen molar-refractivity contribution in [2.75, 3.05) is 19.7 Å². The van der Waals surface area contributed by atoms with E-state index in [0.717, 1.165) is 29.8 Å². The summed E-state index contributed by atoms with van der Waals surface area (Å²) in [5.74, 6) is 0.622. The first-order chi connectivity index (χ1) is 10.1. The summed E-state index contributed by atoms with van der Waals surface area (Å²) in [7, 11) is 0. The molecule has 0 spiro atoms. The number of ether oxygens (including phenoxy) is 1. The van der Waals surface area contributed by atoms with Gasteiger partial charge in [-0.05, 0) is 38.4 Å². The number of rotatable bonds is 9. The van der Waals surface area contributed by atoms with Gasteiger partial charge in [-0.2, -0.15) is 0 Å². The predicted molar refractivity (Wildman–Crippen MR) is 86.6 cm³/mol. The lowest BCUT2D eigenvalue weighted by Crippen LogP contribution is -2.29. The van der Waals surface area contributed by atoms with Gasteiger partial charge in [0.2, 0.25) is 0 Å². The fourth-order valence-electron chi connectivity index (χ4n) is 1.98. The third kappa shape index (κ3) is 6.00. The number of benzene rings is 1. The normalized spacial score (nSPS) is 11.8. The van der Waals surface area contributed by atoms with Crippen LogP contribution in [-0.4, -0.2) is 25.6 Å². The van der Waals surface area contributed by atoms with Gasteiger partial charge in [0.1, 0.15) is 5.75 Å². The van der Waals surface area contributed by atoms with Gasteiger partial charge < -0.3 is 15.4 Å². The second kappa shape index (κ2) is 9.19. The lowest BCUT2D eigenvalue weighted by atomic mass is 10.0. The van der Waals surface area contributed by atoms with Gasteiger partial charge in [0, 0.05) is 18.2 Å². The molecule has 1 unspecified atom stereocenters. The Hall–Kier alpha value is -1.81. The van der Waals surface area contributed by atoms with Gasteiger partial charge in [0.15, 0.2) is 6.61 Å². The maximum absolute atomic E-state index is 11.6. The number of carbonyl (C=O) groups is 1. The molecule has 116 valence electrons. The maximum atomic E-state index is 11.6. The van der Waals surface area contributed by atoms with Crippen LogP contribution in [0.25, 0.3) is 0 Å². The van der Waals surface area contributed by atoms with Crippen LogP contribution in [-0.2, 0) is 4.79 Å². The van der Waals surface area contributed by atoms with Gasteiger partial charge in [-0.3, -0.25) is 4.79 Å². The van der Waals surface area contributed by atoms with Gasteiger partial charge in [-0.25, -0.2) is 0 Å². The third-order valence-electron chi connectivity index (χ3n) is 3.14. The van der Waals surface area contributed by atoms with Crippen molar-refractivity contribution in [2.24, 2.45) is 0 Å². The standard InChI is InChI=1S/C17H26N2O2/c1-5-9-18-14(4)15-8-7-13(3)11-16(15)21-12-17(20)19-10-6-2/h6-8,11,14,18H,2,5,9-10,12H2,1,3-4H3,(H,19,20). The van der Waals surface area contributed by atoms with Gasteiger partial charge in [-0.1, -0.05) is 25.1 Å². The first kappa shape index (κ1) is 17.2. The molecule has 0 aliphatic rings. The van der Waals surface area contributed by atoms with Crippen LogP contribution >= 0.6 is 0 Å². The fraction of sp³-hybridized carbons (Fsp3) is 0.471. The summed E-state index contributed by atoms with van der Waals surface area (Å²) in [4.78, 5) is 11.6. The zero-order valence-electron chi connectivity index (χ0n) is 13.2. The van der Waals surface area contributed by atoms with E-state index in [2.05, 4.69) is 43.2 Å². The Morgan fingerprint density at radius 3 is 2.90 bits per heavy atom. The molecule has 0 aromatic heterocycles. The molecular weight excluding hydrogens is 264 g/mol. The van der Waals surface area contributed by atoms with Crippen molar-refractivity contribution in [3.63, 3.8) is 0 Å². The molecule has 1 aromatic carbocycles. The SMILES string of the molecule is C=CCNC(=O)COc1cc(C)ccc1C(C)NCCC. The molecule has 2 N–H and O–H groups in total. The highest BCUT2D eigenvalue weighted by atomic mass is 16.5. The summed E-state index contributed by atoms with van der Waals surface area (Å²) in [5.41, 5.74) is 2.19. The third-order valence-corrected chi connectivity index (χ3v) is 3.14. The number of carbonyl (C=O) groups excluding carboxylic acids is 1. The molecule has 0 aliphatic heterocycles. The zero-order chi connectivity index (χ0) is 15.7. The number of aryl methyl sites for hydroxylation is 1. The molecule has 0 fully saturated rings. The monoisotopic (exact) mass is 290 g/mol. The first-order valence-electron chi connectivity index (χ1n) is 7.42. The van der Waals surface area contributed by atoms with Crippen LogP contribution in [0.2, 0.25) is 0 Å². The van der Waals surface area contributed by atoms with E-state index in [0.29, 0.717) is 6.54 Å².